The Bertz CT molecular complexity index is 485. The van der Waals surface area contributed by atoms with Gasteiger partial charge in [0.1, 0.15) is 25.0 Å². The molecule has 0 aromatic rings. The van der Waals surface area contributed by atoms with E-state index in [4.69, 9.17) is 14.2 Å². The molecule has 6 atom stereocenters. The van der Waals surface area contributed by atoms with Gasteiger partial charge >= 0.3 is 24.3 Å². The number of fused-ring (bicyclic) bond motifs is 2. The minimum absolute atomic E-state index is 0.230. The first-order valence-corrected chi connectivity index (χ1v) is 7.46. The first-order chi connectivity index (χ1) is 11.3. The quantitative estimate of drug-likeness (QED) is 0.556. The molecule has 2 rings (SSSR count). The van der Waals surface area contributed by atoms with E-state index >= 15 is 0 Å². The van der Waals surface area contributed by atoms with E-state index in [1.54, 1.807) is 13.8 Å². The summed E-state index contributed by atoms with van der Waals surface area (Å²) in [4.78, 5) is 22.8. The summed E-state index contributed by atoms with van der Waals surface area (Å²) in [6, 6.07) is 0. The van der Waals surface area contributed by atoms with Crippen molar-refractivity contribution in [3.63, 3.8) is 0 Å². The zero-order valence-electron chi connectivity index (χ0n) is 13.2. The summed E-state index contributed by atoms with van der Waals surface area (Å²) in [5.41, 5.74) is 0. The van der Waals surface area contributed by atoms with Crippen LogP contribution in [0.25, 0.3) is 0 Å². The van der Waals surface area contributed by atoms with E-state index in [-0.39, 0.29) is 11.8 Å². The molecule has 2 saturated heterocycles. The van der Waals surface area contributed by atoms with Crippen LogP contribution in [0.15, 0.2) is 0 Å². The summed E-state index contributed by atoms with van der Waals surface area (Å²) in [6.45, 7) is 3.40. The molecular formula is C14H16F6O5. The van der Waals surface area contributed by atoms with Crippen molar-refractivity contribution < 1.29 is 50.1 Å². The fourth-order valence-electron chi connectivity index (χ4n) is 3.14. The Labute approximate surface area is 138 Å². The number of rotatable bonds is 4. The molecule has 0 aromatic carbocycles. The highest BCUT2D eigenvalue weighted by atomic mass is 19.4. The second-order valence-electron chi connectivity index (χ2n) is 6.28. The number of halogens is 6. The number of hydrogen-bond donors (Lipinski definition) is 0. The van der Waals surface area contributed by atoms with Crippen LogP contribution < -0.4 is 0 Å². The number of carbonyl (C=O) groups is 2. The van der Waals surface area contributed by atoms with Crippen LogP contribution in [0, 0.1) is 11.8 Å². The molecule has 2 heterocycles. The van der Waals surface area contributed by atoms with E-state index < -0.39 is 61.5 Å². The third-order valence-electron chi connectivity index (χ3n) is 4.38. The van der Waals surface area contributed by atoms with Gasteiger partial charge in [0.25, 0.3) is 0 Å². The van der Waals surface area contributed by atoms with Crippen molar-refractivity contribution in [2.45, 2.75) is 63.5 Å². The molecule has 0 saturated carbocycles. The second kappa shape index (κ2) is 6.65. The fraction of sp³-hybridized carbons (Fsp3) is 0.857. The molecule has 0 N–H and O–H groups in total. The number of esters is 2. The van der Waals surface area contributed by atoms with Gasteiger partial charge < -0.3 is 14.2 Å². The molecule has 144 valence electrons. The van der Waals surface area contributed by atoms with Crippen LogP contribution in [0.1, 0.15) is 26.7 Å². The minimum Gasteiger partial charge on any atom is -0.455 e. The average Bonchev–Trinajstić information content (AvgIpc) is 2.84. The van der Waals surface area contributed by atoms with Gasteiger partial charge in [-0.15, -0.1) is 0 Å². The lowest BCUT2D eigenvalue weighted by Gasteiger charge is -2.34. The van der Waals surface area contributed by atoms with Gasteiger partial charge in [0.15, 0.2) is 12.2 Å². The zero-order chi connectivity index (χ0) is 19.2. The van der Waals surface area contributed by atoms with Crippen LogP contribution in [-0.2, 0) is 23.8 Å². The van der Waals surface area contributed by atoms with E-state index in [0.717, 1.165) is 0 Å². The Hall–Kier alpha value is -1.52. The predicted octanol–water partition coefficient (Wildman–Crippen LogP) is 2.77. The van der Waals surface area contributed by atoms with E-state index in [1.807, 2.05) is 0 Å². The van der Waals surface area contributed by atoms with Gasteiger partial charge in [0.05, 0.1) is 0 Å². The maximum Gasteiger partial charge on any atom is 0.399 e. The highest BCUT2D eigenvalue weighted by Crippen LogP contribution is 2.46. The molecule has 0 spiro atoms. The average molecular weight is 378 g/mol. The van der Waals surface area contributed by atoms with Crippen molar-refractivity contribution in [2.24, 2.45) is 11.8 Å². The molecule has 2 aliphatic heterocycles. The van der Waals surface area contributed by atoms with Crippen molar-refractivity contribution >= 4 is 11.9 Å². The lowest BCUT2D eigenvalue weighted by Crippen LogP contribution is -2.49. The van der Waals surface area contributed by atoms with E-state index in [0.29, 0.717) is 0 Å². The van der Waals surface area contributed by atoms with E-state index in [2.05, 4.69) is 0 Å². The largest absolute Gasteiger partial charge is 0.455 e. The summed E-state index contributed by atoms with van der Waals surface area (Å²) >= 11 is 0. The van der Waals surface area contributed by atoms with Gasteiger partial charge in [-0.2, -0.15) is 26.3 Å². The highest BCUT2D eigenvalue weighted by Gasteiger charge is 2.60. The maximum atomic E-state index is 12.3. The third kappa shape index (κ3) is 4.77. The lowest BCUT2D eigenvalue weighted by molar-refractivity contribution is -0.193. The first-order valence-electron chi connectivity index (χ1n) is 7.46. The molecule has 0 aliphatic carbocycles. The van der Waals surface area contributed by atoms with Gasteiger partial charge in [-0.1, -0.05) is 13.8 Å². The molecule has 0 aromatic heterocycles. The second-order valence-corrected chi connectivity index (χ2v) is 6.28. The topological polar surface area (TPSA) is 61.8 Å². The predicted molar refractivity (Wildman–Crippen MR) is 68.1 cm³/mol. The minimum atomic E-state index is -4.79. The van der Waals surface area contributed by atoms with Gasteiger partial charge in [-0.25, -0.2) is 0 Å². The molecule has 5 nitrogen and oxygen atoms in total. The Kier molecular flexibility index (Phi) is 5.27. The Morgan fingerprint density at radius 3 is 1.40 bits per heavy atom. The lowest BCUT2D eigenvalue weighted by atomic mass is 9.78. The highest BCUT2D eigenvalue weighted by molar-refractivity contribution is 5.71. The molecule has 0 amide bonds. The summed E-state index contributed by atoms with van der Waals surface area (Å²) in [7, 11) is 0. The molecule has 2 bridgehead atoms. The summed E-state index contributed by atoms with van der Waals surface area (Å²) in [5.74, 6) is -3.67. The summed E-state index contributed by atoms with van der Waals surface area (Å²) in [6.07, 6.45) is -17.7. The molecule has 25 heavy (non-hydrogen) atoms. The van der Waals surface area contributed by atoms with Crippen molar-refractivity contribution in [3.8, 4) is 0 Å². The Balaban J connectivity index is 2.09. The van der Waals surface area contributed by atoms with Crippen LogP contribution in [0.2, 0.25) is 0 Å². The normalized spacial score (nSPS) is 34.9. The standard InChI is InChI=1S/C14H16F6O5/c1-5-6(2)10-12(24-8(22)4-14(18,19)20)11(9(5)25-10)23-7(21)3-13(15,16)17/h5-6,9-12H,3-4H2,1-2H3. The monoisotopic (exact) mass is 378 g/mol. The third-order valence-corrected chi connectivity index (χ3v) is 4.38. The Morgan fingerprint density at radius 1 is 0.800 bits per heavy atom. The van der Waals surface area contributed by atoms with Crippen molar-refractivity contribution in [1.29, 1.82) is 0 Å². The molecule has 11 heteroatoms. The van der Waals surface area contributed by atoms with Gasteiger partial charge in [0.2, 0.25) is 0 Å². The number of ether oxygens (including phenoxy) is 3. The van der Waals surface area contributed by atoms with Crippen LogP contribution >= 0.6 is 0 Å². The van der Waals surface area contributed by atoms with Gasteiger partial charge in [-0.05, 0) is 11.8 Å². The van der Waals surface area contributed by atoms with Crippen LogP contribution in [0.5, 0.6) is 0 Å². The van der Waals surface area contributed by atoms with E-state index in [1.165, 1.54) is 0 Å². The Morgan fingerprint density at radius 2 is 1.12 bits per heavy atom. The van der Waals surface area contributed by atoms with Crippen molar-refractivity contribution in [3.05, 3.63) is 0 Å². The van der Waals surface area contributed by atoms with Crippen molar-refractivity contribution in [1.82, 2.24) is 0 Å². The van der Waals surface area contributed by atoms with Crippen LogP contribution in [0.3, 0.4) is 0 Å². The molecule has 2 aliphatic rings. The molecular weight excluding hydrogens is 362 g/mol. The zero-order valence-corrected chi connectivity index (χ0v) is 13.2. The molecule has 2 fully saturated rings. The summed E-state index contributed by atoms with van der Waals surface area (Å²) < 4.78 is 88.5. The fourth-order valence-corrected chi connectivity index (χ4v) is 3.14. The van der Waals surface area contributed by atoms with Crippen LogP contribution in [0.4, 0.5) is 26.3 Å². The van der Waals surface area contributed by atoms with E-state index in [9.17, 15) is 35.9 Å². The number of hydrogen-bond acceptors (Lipinski definition) is 5. The van der Waals surface area contributed by atoms with Crippen LogP contribution in [-0.4, -0.2) is 48.7 Å². The van der Waals surface area contributed by atoms with Gasteiger partial charge in [0, 0.05) is 0 Å². The SMILES string of the molecule is CC1C(C)C2OC1C(OC(=O)CC(F)(F)F)C2OC(=O)CC(F)(F)F. The summed E-state index contributed by atoms with van der Waals surface area (Å²) in [5, 5.41) is 0. The molecule has 0 radical (unpaired) electrons. The number of carbonyl (C=O) groups excluding carboxylic acids is 2. The van der Waals surface area contributed by atoms with Gasteiger partial charge in [-0.3, -0.25) is 9.59 Å². The smallest absolute Gasteiger partial charge is 0.399 e. The van der Waals surface area contributed by atoms with Crippen molar-refractivity contribution in [2.75, 3.05) is 0 Å². The maximum absolute atomic E-state index is 12.3. The number of alkyl halides is 6. The molecule has 6 unspecified atom stereocenters. The first kappa shape index (κ1) is 19.8.